The standard InChI is InChI=1S/C17H20N2O3S/c1-12-6-4-5-7-15(12)11-18-23(21,22)17-10-16(19-14(3)20)9-8-13(17)2/h4-10,18H,11H2,1-3H3,(H,19,20). The van der Waals surface area contributed by atoms with Crippen molar-refractivity contribution in [2.45, 2.75) is 32.2 Å². The summed E-state index contributed by atoms with van der Waals surface area (Å²) in [6, 6.07) is 12.4. The number of sulfonamides is 1. The zero-order chi connectivity index (χ0) is 17.0. The molecule has 0 unspecified atom stereocenters. The third-order valence-corrected chi connectivity index (χ3v) is 5.06. The lowest BCUT2D eigenvalue weighted by Crippen LogP contribution is -2.24. The molecule has 1 amide bonds. The van der Waals surface area contributed by atoms with Crippen LogP contribution in [-0.4, -0.2) is 14.3 Å². The van der Waals surface area contributed by atoms with E-state index in [2.05, 4.69) is 10.0 Å². The molecule has 0 spiro atoms. The Morgan fingerprint density at radius 2 is 1.74 bits per heavy atom. The molecule has 0 atom stereocenters. The Balaban J connectivity index is 2.25. The number of anilines is 1. The van der Waals surface area contributed by atoms with Crippen molar-refractivity contribution in [3.05, 3.63) is 59.2 Å². The molecular weight excluding hydrogens is 312 g/mol. The van der Waals surface area contributed by atoms with Crippen LogP contribution < -0.4 is 10.0 Å². The number of hydrogen-bond donors (Lipinski definition) is 2. The molecule has 0 heterocycles. The van der Waals surface area contributed by atoms with E-state index in [0.29, 0.717) is 11.3 Å². The molecule has 0 aromatic heterocycles. The average Bonchev–Trinajstić information content (AvgIpc) is 2.48. The number of rotatable bonds is 5. The van der Waals surface area contributed by atoms with Crippen LogP contribution in [0.5, 0.6) is 0 Å². The van der Waals surface area contributed by atoms with Gasteiger partial charge in [0.25, 0.3) is 0 Å². The van der Waals surface area contributed by atoms with Gasteiger partial charge in [-0.15, -0.1) is 0 Å². The Morgan fingerprint density at radius 3 is 2.39 bits per heavy atom. The van der Waals surface area contributed by atoms with Gasteiger partial charge in [-0.1, -0.05) is 30.3 Å². The molecule has 2 aromatic rings. The molecule has 0 aliphatic heterocycles. The molecule has 6 heteroatoms. The number of carbonyl (C=O) groups is 1. The highest BCUT2D eigenvalue weighted by Crippen LogP contribution is 2.20. The topological polar surface area (TPSA) is 75.3 Å². The summed E-state index contributed by atoms with van der Waals surface area (Å²) in [5.41, 5.74) is 3.03. The summed E-state index contributed by atoms with van der Waals surface area (Å²) in [6.07, 6.45) is 0. The summed E-state index contributed by atoms with van der Waals surface area (Å²) in [5.74, 6) is -0.245. The fourth-order valence-corrected chi connectivity index (χ4v) is 3.50. The smallest absolute Gasteiger partial charge is 0.241 e. The second-order valence-corrected chi connectivity index (χ2v) is 7.15. The van der Waals surface area contributed by atoms with Crippen LogP contribution in [0.2, 0.25) is 0 Å². The Bertz CT molecular complexity index is 829. The van der Waals surface area contributed by atoms with E-state index in [4.69, 9.17) is 0 Å². The molecule has 2 aromatic carbocycles. The first kappa shape index (κ1) is 17.2. The van der Waals surface area contributed by atoms with Crippen molar-refractivity contribution in [2.24, 2.45) is 0 Å². The summed E-state index contributed by atoms with van der Waals surface area (Å²) >= 11 is 0. The van der Waals surface area contributed by atoms with Crippen molar-refractivity contribution in [3.63, 3.8) is 0 Å². The lowest BCUT2D eigenvalue weighted by Gasteiger charge is -2.12. The number of hydrogen-bond acceptors (Lipinski definition) is 3. The van der Waals surface area contributed by atoms with Crippen LogP contribution >= 0.6 is 0 Å². The molecule has 5 nitrogen and oxygen atoms in total. The summed E-state index contributed by atoms with van der Waals surface area (Å²) in [6.45, 7) is 5.26. The third-order valence-electron chi connectivity index (χ3n) is 3.51. The minimum absolute atomic E-state index is 0.164. The van der Waals surface area contributed by atoms with Crippen LogP contribution in [0.15, 0.2) is 47.4 Å². The van der Waals surface area contributed by atoms with Crippen LogP contribution in [0, 0.1) is 13.8 Å². The molecule has 0 aliphatic rings. The van der Waals surface area contributed by atoms with Gasteiger partial charge in [-0.2, -0.15) is 0 Å². The largest absolute Gasteiger partial charge is 0.326 e. The van der Waals surface area contributed by atoms with E-state index in [1.807, 2.05) is 31.2 Å². The van der Waals surface area contributed by atoms with Crippen molar-refractivity contribution >= 4 is 21.6 Å². The van der Waals surface area contributed by atoms with E-state index in [9.17, 15) is 13.2 Å². The predicted octanol–water partition coefficient (Wildman–Crippen LogP) is 2.74. The van der Waals surface area contributed by atoms with E-state index in [-0.39, 0.29) is 17.3 Å². The SMILES string of the molecule is CC(=O)Nc1ccc(C)c(S(=O)(=O)NCc2ccccc2C)c1. The van der Waals surface area contributed by atoms with Crippen LogP contribution in [0.3, 0.4) is 0 Å². The summed E-state index contributed by atoms with van der Waals surface area (Å²) in [7, 11) is -3.67. The highest BCUT2D eigenvalue weighted by atomic mass is 32.2. The first-order valence-corrected chi connectivity index (χ1v) is 8.70. The number of carbonyl (C=O) groups excluding carboxylic acids is 1. The Labute approximate surface area is 136 Å². The minimum atomic E-state index is -3.67. The molecule has 2 rings (SSSR count). The fourth-order valence-electron chi connectivity index (χ4n) is 2.23. The van der Waals surface area contributed by atoms with Crippen LogP contribution in [0.4, 0.5) is 5.69 Å². The molecule has 0 aliphatic carbocycles. The monoisotopic (exact) mass is 332 g/mol. The zero-order valence-corrected chi connectivity index (χ0v) is 14.2. The maximum Gasteiger partial charge on any atom is 0.241 e. The van der Waals surface area contributed by atoms with Crippen molar-refractivity contribution in [3.8, 4) is 0 Å². The second kappa shape index (κ2) is 6.93. The maximum atomic E-state index is 12.6. The summed E-state index contributed by atoms with van der Waals surface area (Å²) in [5, 5.41) is 2.60. The van der Waals surface area contributed by atoms with Gasteiger partial charge in [0.2, 0.25) is 15.9 Å². The van der Waals surface area contributed by atoms with Crippen molar-refractivity contribution in [2.75, 3.05) is 5.32 Å². The number of nitrogens with one attached hydrogen (secondary N) is 2. The first-order chi connectivity index (χ1) is 10.8. The minimum Gasteiger partial charge on any atom is -0.326 e. The van der Waals surface area contributed by atoms with Crippen molar-refractivity contribution in [1.29, 1.82) is 0 Å². The normalized spacial score (nSPS) is 11.3. The Morgan fingerprint density at radius 1 is 1.04 bits per heavy atom. The van der Waals surface area contributed by atoms with Gasteiger partial charge in [0.05, 0.1) is 4.90 Å². The van der Waals surface area contributed by atoms with Gasteiger partial charge in [0, 0.05) is 19.2 Å². The van der Waals surface area contributed by atoms with Crippen molar-refractivity contribution in [1.82, 2.24) is 4.72 Å². The predicted molar refractivity (Wildman–Crippen MR) is 90.7 cm³/mol. The molecule has 122 valence electrons. The van der Waals surface area contributed by atoms with E-state index in [0.717, 1.165) is 11.1 Å². The molecule has 0 saturated heterocycles. The summed E-state index contributed by atoms with van der Waals surface area (Å²) < 4.78 is 27.7. The van der Waals surface area contributed by atoms with Gasteiger partial charge in [-0.25, -0.2) is 13.1 Å². The Hall–Kier alpha value is -2.18. The van der Waals surface area contributed by atoms with Crippen LogP contribution in [0.1, 0.15) is 23.6 Å². The van der Waals surface area contributed by atoms with Gasteiger partial charge >= 0.3 is 0 Å². The van der Waals surface area contributed by atoms with Gasteiger partial charge in [-0.05, 0) is 42.7 Å². The Kier molecular flexibility index (Phi) is 5.18. The fraction of sp³-hybridized carbons (Fsp3) is 0.235. The molecule has 23 heavy (non-hydrogen) atoms. The van der Waals surface area contributed by atoms with Gasteiger partial charge in [0.15, 0.2) is 0 Å². The molecule has 0 saturated carbocycles. The van der Waals surface area contributed by atoms with E-state index in [1.165, 1.54) is 13.0 Å². The van der Waals surface area contributed by atoms with E-state index >= 15 is 0 Å². The van der Waals surface area contributed by atoms with Gasteiger partial charge in [-0.3, -0.25) is 4.79 Å². The lowest BCUT2D eigenvalue weighted by atomic mass is 10.1. The molecule has 0 fully saturated rings. The molecule has 0 radical (unpaired) electrons. The number of benzene rings is 2. The molecule has 0 bridgehead atoms. The zero-order valence-electron chi connectivity index (χ0n) is 13.4. The second-order valence-electron chi connectivity index (χ2n) is 5.41. The molecular formula is C17H20N2O3S. The third kappa shape index (κ3) is 4.40. The van der Waals surface area contributed by atoms with Crippen LogP contribution in [0.25, 0.3) is 0 Å². The van der Waals surface area contributed by atoms with E-state index < -0.39 is 10.0 Å². The number of amides is 1. The quantitative estimate of drug-likeness (QED) is 0.884. The maximum absolute atomic E-state index is 12.6. The van der Waals surface area contributed by atoms with Gasteiger partial charge < -0.3 is 5.32 Å². The van der Waals surface area contributed by atoms with E-state index in [1.54, 1.807) is 19.1 Å². The highest BCUT2D eigenvalue weighted by Gasteiger charge is 2.17. The average molecular weight is 332 g/mol. The molecule has 2 N–H and O–H groups in total. The highest BCUT2D eigenvalue weighted by molar-refractivity contribution is 7.89. The van der Waals surface area contributed by atoms with Gasteiger partial charge in [0.1, 0.15) is 0 Å². The lowest BCUT2D eigenvalue weighted by molar-refractivity contribution is -0.114. The van der Waals surface area contributed by atoms with Crippen LogP contribution in [-0.2, 0) is 21.4 Å². The first-order valence-electron chi connectivity index (χ1n) is 7.22. The summed E-state index contributed by atoms with van der Waals surface area (Å²) in [4.78, 5) is 11.3. The van der Waals surface area contributed by atoms with Crippen molar-refractivity contribution < 1.29 is 13.2 Å². The number of aryl methyl sites for hydroxylation is 2.